The van der Waals surface area contributed by atoms with Gasteiger partial charge in [-0.1, -0.05) is 42.5 Å². The van der Waals surface area contributed by atoms with Crippen molar-refractivity contribution >= 4 is 12.1 Å². The van der Waals surface area contributed by atoms with Gasteiger partial charge < -0.3 is 9.47 Å². The Morgan fingerprint density at radius 3 is 2.85 bits per heavy atom. The number of rotatable bonds is 3. The zero-order valence-electron chi connectivity index (χ0n) is 15.5. The van der Waals surface area contributed by atoms with Crippen molar-refractivity contribution in [1.29, 1.82) is 0 Å². The van der Waals surface area contributed by atoms with Crippen LogP contribution in [-0.2, 0) is 20.9 Å². The second-order valence-electron chi connectivity index (χ2n) is 8.56. The number of carbonyl (C=O) groups is 2. The number of hydrogen-bond acceptors (Lipinski definition) is 4. The van der Waals surface area contributed by atoms with Crippen molar-refractivity contribution < 1.29 is 19.1 Å². The van der Waals surface area contributed by atoms with E-state index in [0.717, 1.165) is 24.8 Å². The number of carbonyl (C=O) groups excluding carboxylic acids is 2. The van der Waals surface area contributed by atoms with Gasteiger partial charge in [0.2, 0.25) is 0 Å². The van der Waals surface area contributed by atoms with Gasteiger partial charge in [-0.25, -0.2) is 4.79 Å². The Kier molecular flexibility index (Phi) is 3.81. The highest BCUT2D eigenvalue weighted by molar-refractivity contribution is 5.78. The molecule has 0 N–H and O–H groups in total. The van der Waals surface area contributed by atoms with E-state index in [2.05, 4.69) is 19.1 Å². The van der Waals surface area contributed by atoms with Crippen LogP contribution in [0.15, 0.2) is 42.5 Å². The molecule has 1 saturated carbocycles. The average molecular weight is 367 g/mol. The Labute approximate surface area is 159 Å². The summed E-state index contributed by atoms with van der Waals surface area (Å²) in [4.78, 5) is 27.2. The minimum absolute atomic E-state index is 0.0235. The summed E-state index contributed by atoms with van der Waals surface area (Å²) in [6.45, 7) is 2.98. The van der Waals surface area contributed by atoms with Crippen LogP contribution in [0.25, 0.3) is 0 Å². The number of amides is 1. The molecule has 27 heavy (non-hydrogen) atoms. The van der Waals surface area contributed by atoms with E-state index in [1.165, 1.54) is 0 Å². The molecule has 1 amide bonds. The number of likely N-dealkylation sites (tertiary alicyclic amines) is 1. The lowest BCUT2D eigenvalue weighted by Gasteiger charge is -2.41. The highest BCUT2D eigenvalue weighted by Gasteiger charge is 2.64. The fourth-order valence-corrected chi connectivity index (χ4v) is 5.81. The van der Waals surface area contributed by atoms with E-state index in [-0.39, 0.29) is 36.6 Å². The van der Waals surface area contributed by atoms with Crippen molar-refractivity contribution in [2.24, 2.45) is 23.7 Å². The van der Waals surface area contributed by atoms with Gasteiger partial charge in [-0.2, -0.15) is 0 Å². The maximum atomic E-state index is 12.9. The van der Waals surface area contributed by atoms with Gasteiger partial charge in [-0.15, -0.1) is 0 Å². The molecule has 0 aromatic heterocycles. The first-order valence-corrected chi connectivity index (χ1v) is 9.95. The Hall–Kier alpha value is -2.30. The number of fused-ring (bicyclic) bond motifs is 5. The Bertz CT molecular complexity index is 791. The molecule has 2 heterocycles. The molecule has 5 rings (SSSR count). The van der Waals surface area contributed by atoms with E-state index in [1.54, 1.807) is 0 Å². The van der Waals surface area contributed by atoms with Crippen LogP contribution in [0.1, 0.15) is 31.7 Å². The smallest absolute Gasteiger partial charge is 0.410 e. The second kappa shape index (κ2) is 6.11. The van der Waals surface area contributed by atoms with Crippen molar-refractivity contribution in [2.45, 2.75) is 44.4 Å². The summed E-state index contributed by atoms with van der Waals surface area (Å²) in [6.07, 6.45) is 6.69. The van der Waals surface area contributed by atoms with Crippen molar-refractivity contribution in [3.05, 3.63) is 48.0 Å². The van der Waals surface area contributed by atoms with Crippen LogP contribution in [0, 0.1) is 23.7 Å². The lowest BCUT2D eigenvalue weighted by molar-refractivity contribution is -0.149. The zero-order chi connectivity index (χ0) is 18.6. The standard InChI is InChI=1S/C22H25NO4/c1-22(19-17-15-8-9-16(12-15)18(17)20(24)27-19)10-5-11-23(22)21(25)26-13-14-6-3-2-4-7-14/h2-4,6-9,15-19H,5,10-13H2,1H3/t15-,16+,17-,18+,19-,22-/m1/s1. The van der Waals surface area contributed by atoms with Crippen LogP contribution in [-0.4, -0.2) is 35.2 Å². The largest absolute Gasteiger partial charge is 0.459 e. The monoisotopic (exact) mass is 367 g/mol. The topological polar surface area (TPSA) is 55.8 Å². The summed E-state index contributed by atoms with van der Waals surface area (Å²) in [5, 5.41) is 0. The van der Waals surface area contributed by atoms with Gasteiger partial charge in [0.25, 0.3) is 0 Å². The molecule has 0 spiro atoms. The van der Waals surface area contributed by atoms with Crippen LogP contribution < -0.4 is 0 Å². The molecule has 6 atom stereocenters. The van der Waals surface area contributed by atoms with Crippen LogP contribution in [0.2, 0.25) is 0 Å². The minimum atomic E-state index is -0.485. The molecular weight excluding hydrogens is 342 g/mol. The molecule has 2 aliphatic heterocycles. The molecule has 1 aromatic rings. The van der Waals surface area contributed by atoms with Gasteiger partial charge in [0.1, 0.15) is 12.7 Å². The maximum Gasteiger partial charge on any atom is 0.410 e. The third-order valence-corrected chi connectivity index (χ3v) is 7.10. The quantitative estimate of drug-likeness (QED) is 0.606. The molecule has 142 valence electrons. The minimum Gasteiger partial charge on any atom is -0.459 e. The normalized spacial score (nSPS) is 38.9. The molecule has 5 heteroatoms. The molecule has 5 nitrogen and oxygen atoms in total. The number of allylic oxidation sites excluding steroid dienone is 2. The lowest BCUT2D eigenvalue weighted by atomic mass is 9.74. The molecule has 0 radical (unpaired) electrons. The molecule has 1 aromatic carbocycles. The van der Waals surface area contributed by atoms with Gasteiger partial charge >= 0.3 is 12.1 Å². The van der Waals surface area contributed by atoms with Crippen molar-refractivity contribution in [1.82, 2.24) is 4.90 Å². The fourth-order valence-electron chi connectivity index (χ4n) is 5.81. The number of benzene rings is 1. The van der Waals surface area contributed by atoms with E-state index in [9.17, 15) is 9.59 Å². The van der Waals surface area contributed by atoms with Crippen molar-refractivity contribution in [3.8, 4) is 0 Å². The first-order valence-electron chi connectivity index (χ1n) is 9.95. The molecule has 4 aliphatic rings. The summed E-state index contributed by atoms with van der Waals surface area (Å²) >= 11 is 0. The summed E-state index contributed by atoms with van der Waals surface area (Å²) in [5.74, 6) is 0.814. The van der Waals surface area contributed by atoms with Crippen LogP contribution in [0.3, 0.4) is 0 Å². The predicted octanol–water partition coefficient (Wildman–Crippen LogP) is 3.54. The molecule has 2 saturated heterocycles. The highest BCUT2D eigenvalue weighted by atomic mass is 16.6. The van der Waals surface area contributed by atoms with E-state index in [1.807, 2.05) is 35.2 Å². The number of nitrogens with zero attached hydrogens (tertiary/aromatic N) is 1. The molecule has 2 aliphatic carbocycles. The van der Waals surface area contributed by atoms with E-state index in [0.29, 0.717) is 18.4 Å². The van der Waals surface area contributed by atoms with E-state index >= 15 is 0 Å². The van der Waals surface area contributed by atoms with Crippen molar-refractivity contribution in [2.75, 3.05) is 6.54 Å². The summed E-state index contributed by atoms with van der Waals surface area (Å²) in [6, 6.07) is 9.70. The van der Waals surface area contributed by atoms with Crippen LogP contribution in [0.4, 0.5) is 4.79 Å². The third kappa shape index (κ3) is 2.51. The summed E-state index contributed by atoms with van der Waals surface area (Å²) in [5.41, 5.74) is 0.485. The first-order chi connectivity index (χ1) is 13.1. The lowest BCUT2D eigenvalue weighted by Crippen LogP contribution is -2.55. The Balaban J connectivity index is 1.34. The molecule has 3 fully saturated rings. The SMILES string of the molecule is C[C@]1([C@@H]2OC(=O)[C@@H]3[C@H]2[C@@H]2C=C[C@H]3C2)CCCN1C(=O)OCc1ccccc1. The number of ether oxygens (including phenoxy) is 2. The van der Waals surface area contributed by atoms with Gasteiger partial charge in [0.15, 0.2) is 0 Å². The molecule has 2 bridgehead atoms. The average Bonchev–Trinajstić information content (AvgIpc) is 3.43. The van der Waals surface area contributed by atoms with Crippen molar-refractivity contribution in [3.63, 3.8) is 0 Å². The maximum absolute atomic E-state index is 12.9. The molecular formula is C22H25NO4. The van der Waals surface area contributed by atoms with Crippen LogP contribution >= 0.6 is 0 Å². The van der Waals surface area contributed by atoms with Gasteiger partial charge in [-0.05, 0) is 43.6 Å². The van der Waals surface area contributed by atoms with Gasteiger partial charge in [-0.3, -0.25) is 9.69 Å². The zero-order valence-corrected chi connectivity index (χ0v) is 15.5. The van der Waals surface area contributed by atoms with E-state index < -0.39 is 5.54 Å². The Morgan fingerprint density at radius 1 is 1.26 bits per heavy atom. The second-order valence-corrected chi connectivity index (χ2v) is 8.56. The summed E-state index contributed by atoms with van der Waals surface area (Å²) in [7, 11) is 0. The predicted molar refractivity (Wildman–Crippen MR) is 98.6 cm³/mol. The van der Waals surface area contributed by atoms with E-state index in [4.69, 9.17) is 9.47 Å². The Morgan fingerprint density at radius 2 is 2.04 bits per heavy atom. The number of esters is 1. The third-order valence-electron chi connectivity index (χ3n) is 7.10. The van der Waals surface area contributed by atoms with Gasteiger partial charge in [0.05, 0.1) is 11.5 Å². The fraction of sp³-hybridized carbons (Fsp3) is 0.545. The number of cyclic esters (lactones) is 1. The highest BCUT2D eigenvalue weighted by Crippen LogP contribution is 2.57. The molecule has 0 unspecified atom stereocenters. The summed E-state index contributed by atoms with van der Waals surface area (Å²) < 4.78 is 11.5. The first kappa shape index (κ1) is 16.8. The number of hydrogen-bond donors (Lipinski definition) is 0. The van der Waals surface area contributed by atoms with Crippen LogP contribution in [0.5, 0.6) is 0 Å². The van der Waals surface area contributed by atoms with Gasteiger partial charge in [0, 0.05) is 12.5 Å².